The van der Waals surface area contributed by atoms with Gasteiger partial charge in [0.1, 0.15) is 0 Å². The molecule has 13 heavy (non-hydrogen) atoms. The molecule has 0 aliphatic heterocycles. The maximum absolute atomic E-state index is 10.6. The Morgan fingerprint density at radius 2 is 2.15 bits per heavy atom. The first-order valence-corrected chi connectivity index (χ1v) is 4.39. The third kappa shape index (κ3) is 3.32. The minimum atomic E-state index is -0.823. The van der Waals surface area contributed by atoms with Crippen LogP contribution in [0, 0.1) is 11.3 Å². The predicted molar refractivity (Wildman–Crippen MR) is 50.5 cm³/mol. The van der Waals surface area contributed by atoms with Crippen molar-refractivity contribution in [3.63, 3.8) is 0 Å². The minimum absolute atomic E-state index is 0.0645. The molecule has 4 heteroatoms. The quantitative estimate of drug-likeness (QED) is 0.645. The molecule has 0 aromatic rings. The normalized spacial score (nSPS) is 15.8. The monoisotopic (exact) mass is 189 g/mol. The number of carboxylic acids is 1. The first-order chi connectivity index (χ1) is 5.98. The number of methoxy groups -OCH3 is 1. The van der Waals surface area contributed by atoms with Crippen molar-refractivity contribution in [3.8, 4) is 0 Å². The Kier molecular flexibility index (Phi) is 4.95. The number of rotatable bonds is 6. The number of carboxylic acid groups (broad SMARTS) is 1. The Balaban J connectivity index is 4.53. The summed E-state index contributed by atoms with van der Waals surface area (Å²) in [5.74, 6) is -0.621. The zero-order chi connectivity index (χ0) is 10.5. The van der Waals surface area contributed by atoms with E-state index >= 15 is 0 Å². The number of hydrogen-bond acceptors (Lipinski definition) is 3. The van der Waals surface area contributed by atoms with Gasteiger partial charge in [0.15, 0.2) is 0 Å². The van der Waals surface area contributed by atoms with Crippen molar-refractivity contribution in [2.75, 3.05) is 20.3 Å². The highest BCUT2D eigenvalue weighted by Crippen LogP contribution is 2.30. The molecule has 0 aliphatic carbocycles. The van der Waals surface area contributed by atoms with Crippen molar-refractivity contribution in [1.82, 2.24) is 0 Å². The lowest BCUT2D eigenvalue weighted by atomic mass is 9.75. The second kappa shape index (κ2) is 5.19. The van der Waals surface area contributed by atoms with Crippen molar-refractivity contribution in [3.05, 3.63) is 0 Å². The fourth-order valence-corrected chi connectivity index (χ4v) is 1.38. The van der Waals surface area contributed by atoms with Gasteiger partial charge in [-0.2, -0.15) is 0 Å². The van der Waals surface area contributed by atoms with Crippen molar-refractivity contribution < 1.29 is 14.6 Å². The fraction of sp³-hybridized carbons (Fsp3) is 0.889. The van der Waals surface area contributed by atoms with Crippen LogP contribution in [0.1, 0.15) is 20.3 Å². The number of ether oxygens (including phenoxy) is 1. The van der Waals surface area contributed by atoms with Gasteiger partial charge in [-0.25, -0.2) is 0 Å². The Hall–Kier alpha value is -0.610. The van der Waals surface area contributed by atoms with Gasteiger partial charge in [-0.15, -0.1) is 0 Å². The maximum atomic E-state index is 10.6. The van der Waals surface area contributed by atoms with E-state index in [1.165, 1.54) is 0 Å². The van der Waals surface area contributed by atoms with E-state index in [4.69, 9.17) is 15.6 Å². The minimum Gasteiger partial charge on any atom is -0.481 e. The molecular weight excluding hydrogens is 170 g/mol. The van der Waals surface area contributed by atoms with E-state index in [0.717, 1.165) is 0 Å². The molecule has 0 fully saturated rings. The van der Waals surface area contributed by atoms with Crippen LogP contribution in [-0.2, 0) is 9.53 Å². The van der Waals surface area contributed by atoms with Crippen LogP contribution in [0.5, 0.6) is 0 Å². The van der Waals surface area contributed by atoms with Crippen LogP contribution in [0.3, 0.4) is 0 Å². The summed E-state index contributed by atoms with van der Waals surface area (Å²) >= 11 is 0. The van der Waals surface area contributed by atoms with Crippen molar-refractivity contribution in [1.29, 1.82) is 0 Å². The second-order valence-electron chi connectivity index (χ2n) is 3.72. The van der Waals surface area contributed by atoms with Crippen LogP contribution in [0.2, 0.25) is 0 Å². The predicted octanol–water partition coefficient (Wildman–Crippen LogP) is 0.709. The first-order valence-electron chi connectivity index (χ1n) is 4.39. The molecule has 0 spiro atoms. The van der Waals surface area contributed by atoms with E-state index in [1.54, 1.807) is 7.11 Å². The molecule has 1 unspecified atom stereocenters. The zero-order valence-electron chi connectivity index (χ0n) is 8.54. The Labute approximate surface area is 79.1 Å². The lowest BCUT2D eigenvalue weighted by Gasteiger charge is -2.34. The summed E-state index contributed by atoms with van der Waals surface area (Å²) in [6, 6.07) is 0. The average molecular weight is 189 g/mol. The van der Waals surface area contributed by atoms with Crippen molar-refractivity contribution in [2.45, 2.75) is 20.3 Å². The van der Waals surface area contributed by atoms with Gasteiger partial charge in [-0.1, -0.05) is 13.8 Å². The lowest BCUT2D eigenvalue weighted by molar-refractivity contribution is -0.141. The highest BCUT2D eigenvalue weighted by Gasteiger charge is 2.34. The summed E-state index contributed by atoms with van der Waals surface area (Å²) in [4.78, 5) is 10.6. The van der Waals surface area contributed by atoms with Gasteiger partial charge in [-0.3, -0.25) is 4.79 Å². The second-order valence-corrected chi connectivity index (χ2v) is 3.72. The number of hydrogen-bond donors (Lipinski definition) is 2. The summed E-state index contributed by atoms with van der Waals surface area (Å²) < 4.78 is 5.02. The van der Waals surface area contributed by atoms with E-state index in [0.29, 0.717) is 13.2 Å². The van der Waals surface area contributed by atoms with Crippen molar-refractivity contribution in [2.24, 2.45) is 17.1 Å². The summed E-state index contributed by atoms with van der Waals surface area (Å²) in [6.07, 6.45) is 0.0645. The van der Waals surface area contributed by atoms with Crippen LogP contribution in [-0.4, -0.2) is 31.3 Å². The molecule has 0 saturated carbocycles. The van der Waals surface area contributed by atoms with Crippen LogP contribution in [0.15, 0.2) is 0 Å². The van der Waals surface area contributed by atoms with Gasteiger partial charge in [0.2, 0.25) is 0 Å². The van der Waals surface area contributed by atoms with Gasteiger partial charge < -0.3 is 15.6 Å². The van der Waals surface area contributed by atoms with Gasteiger partial charge >= 0.3 is 5.97 Å². The van der Waals surface area contributed by atoms with Crippen LogP contribution < -0.4 is 5.73 Å². The molecule has 0 heterocycles. The summed E-state index contributed by atoms with van der Waals surface area (Å²) in [6.45, 7) is 4.67. The smallest absolute Gasteiger partial charge is 0.304 e. The van der Waals surface area contributed by atoms with Crippen molar-refractivity contribution >= 4 is 5.97 Å². The molecule has 0 radical (unpaired) electrons. The highest BCUT2D eigenvalue weighted by atomic mass is 16.5. The SMILES string of the molecule is COCC(CN)(CC(=O)O)C(C)C. The molecule has 0 rings (SSSR count). The standard InChI is InChI=1S/C9H19NO3/c1-7(2)9(5-10,6-13-3)4-8(11)12/h7H,4-6,10H2,1-3H3,(H,11,12). The molecule has 0 aromatic carbocycles. The van der Waals surface area contributed by atoms with E-state index in [9.17, 15) is 4.79 Å². The molecule has 1 atom stereocenters. The Morgan fingerprint density at radius 3 is 2.38 bits per heavy atom. The zero-order valence-corrected chi connectivity index (χ0v) is 8.54. The van der Waals surface area contributed by atoms with E-state index < -0.39 is 11.4 Å². The van der Waals surface area contributed by atoms with E-state index in [1.807, 2.05) is 13.8 Å². The molecular formula is C9H19NO3. The molecule has 3 N–H and O–H groups in total. The van der Waals surface area contributed by atoms with Gasteiger partial charge in [0.05, 0.1) is 13.0 Å². The topological polar surface area (TPSA) is 72.5 Å². The molecule has 78 valence electrons. The van der Waals surface area contributed by atoms with Gasteiger partial charge in [0.25, 0.3) is 0 Å². The van der Waals surface area contributed by atoms with Gasteiger partial charge in [-0.05, 0) is 5.92 Å². The third-order valence-corrected chi connectivity index (χ3v) is 2.57. The number of aliphatic carboxylic acids is 1. The summed E-state index contributed by atoms with van der Waals surface area (Å²) in [5.41, 5.74) is 5.17. The van der Waals surface area contributed by atoms with E-state index in [-0.39, 0.29) is 12.3 Å². The van der Waals surface area contributed by atoms with Crippen LogP contribution in [0.25, 0.3) is 0 Å². The molecule has 0 aliphatic rings. The molecule has 0 bridgehead atoms. The maximum Gasteiger partial charge on any atom is 0.304 e. The van der Waals surface area contributed by atoms with Crippen LogP contribution >= 0.6 is 0 Å². The molecule has 0 aromatic heterocycles. The Morgan fingerprint density at radius 1 is 1.62 bits per heavy atom. The third-order valence-electron chi connectivity index (χ3n) is 2.57. The molecule has 4 nitrogen and oxygen atoms in total. The number of nitrogens with two attached hydrogens (primary N) is 1. The van der Waals surface area contributed by atoms with Crippen LogP contribution in [0.4, 0.5) is 0 Å². The fourth-order valence-electron chi connectivity index (χ4n) is 1.38. The summed E-state index contributed by atoms with van der Waals surface area (Å²) in [5, 5.41) is 8.74. The van der Waals surface area contributed by atoms with Gasteiger partial charge in [0, 0.05) is 19.1 Å². The Bertz CT molecular complexity index is 170. The highest BCUT2D eigenvalue weighted by molar-refractivity contribution is 5.67. The lowest BCUT2D eigenvalue weighted by Crippen LogP contribution is -2.41. The summed E-state index contributed by atoms with van der Waals surface area (Å²) in [7, 11) is 1.56. The number of carbonyl (C=O) groups is 1. The first kappa shape index (κ1) is 12.4. The van der Waals surface area contributed by atoms with E-state index in [2.05, 4.69) is 0 Å². The average Bonchev–Trinajstić information content (AvgIpc) is 2.02. The molecule has 0 amide bonds. The largest absolute Gasteiger partial charge is 0.481 e. The molecule has 0 saturated heterocycles.